The minimum atomic E-state index is 0.113. The fourth-order valence-corrected chi connectivity index (χ4v) is 3.20. The van der Waals surface area contributed by atoms with Gasteiger partial charge in [-0.1, -0.05) is 25.1 Å². The molecule has 1 unspecified atom stereocenters. The molecule has 0 spiro atoms. The number of benzene rings is 1. The van der Waals surface area contributed by atoms with Gasteiger partial charge < -0.3 is 10.1 Å². The second-order valence-electron chi connectivity index (χ2n) is 6.24. The SMILES string of the molecule is CCCNC(CC1(OC)CCC1)c1cccc(C)c1C. The van der Waals surface area contributed by atoms with Gasteiger partial charge in [-0.25, -0.2) is 0 Å². The van der Waals surface area contributed by atoms with E-state index in [2.05, 4.69) is 44.3 Å². The Labute approximate surface area is 123 Å². The maximum absolute atomic E-state index is 5.84. The van der Waals surface area contributed by atoms with Crippen molar-refractivity contribution in [3.05, 3.63) is 34.9 Å². The standard InChI is InChI=1S/C18H29NO/c1-5-12-19-17(13-18(20-4)10-7-11-18)16-9-6-8-14(2)15(16)3/h6,8-9,17,19H,5,7,10-13H2,1-4H3. The molecule has 112 valence electrons. The number of hydrogen-bond donors (Lipinski definition) is 1. The summed E-state index contributed by atoms with van der Waals surface area (Å²) in [4.78, 5) is 0. The lowest BCUT2D eigenvalue weighted by Crippen LogP contribution is -2.43. The van der Waals surface area contributed by atoms with E-state index in [1.54, 1.807) is 0 Å². The van der Waals surface area contributed by atoms with Gasteiger partial charge >= 0.3 is 0 Å². The second kappa shape index (κ2) is 6.73. The van der Waals surface area contributed by atoms with E-state index in [9.17, 15) is 0 Å². The summed E-state index contributed by atoms with van der Waals surface area (Å²) in [5.74, 6) is 0. The van der Waals surface area contributed by atoms with Crippen LogP contribution in [0.1, 0.15) is 61.8 Å². The van der Waals surface area contributed by atoms with Gasteiger partial charge in [0.25, 0.3) is 0 Å². The Morgan fingerprint density at radius 1 is 1.30 bits per heavy atom. The number of ether oxygens (including phenoxy) is 1. The van der Waals surface area contributed by atoms with E-state index in [0.717, 1.165) is 13.0 Å². The third kappa shape index (κ3) is 3.24. The maximum atomic E-state index is 5.84. The Kier molecular flexibility index (Phi) is 5.22. The Hall–Kier alpha value is -0.860. The average Bonchev–Trinajstić information content (AvgIpc) is 2.41. The molecule has 2 rings (SSSR count). The lowest BCUT2D eigenvalue weighted by molar-refractivity contribution is -0.0838. The lowest BCUT2D eigenvalue weighted by Gasteiger charge is -2.43. The number of hydrogen-bond acceptors (Lipinski definition) is 2. The lowest BCUT2D eigenvalue weighted by atomic mass is 9.74. The summed E-state index contributed by atoms with van der Waals surface area (Å²) in [7, 11) is 1.87. The van der Waals surface area contributed by atoms with Crippen LogP contribution in [0, 0.1) is 13.8 Å². The van der Waals surface area contributed by atoms with E-state index in [1.165, 1.54) is 42.4 Å². The summed E-state index contributed by atoms with van der Waals surface area (Å²) >= 11 is 0. The summed E-state index contributed by atoms with van der Waals surface area (Å²) in [6.07, 6.45) is 5.98. The molecule has 1 fully saturated rings. The van der Waals surface area contributed by atoms with Crippen LogP contribution in [0.4, 0.5) is 0 Å². The van der Waals surface area contributed by atoms with Crippen molar-refractivity contribution in [3.63, 3.8) is 0 Å². The molecule has 1 aromatic rings. The van der Waals surface area contributed by atoms with Crippen molar-refractivity contribution in [2.75, 3.05) is 13.7 Å². The molecule has 1 aliphatic carbocycles. The van der Waals surface area contributed by atoms with E-state index in [1.807, 2.05) is 7.11 Å². The molecular weight excluding hydrogens is 246 g/mol. The van der Waals surface area contributed by atoms with Gasteiger partial charge in [-0.3, -0.25) is 0 Å². The van der Waals surface area contributed by atoms with Crippen molar-refractivity contribution in [2.45, 2.75) is 64.5 Å². The first kappa shape index (κ1) is 15.5. The number of nitrogens with one attached hydrogen (secondary N) is 1. The van der Waals surface area contributed by atoms with E-state index in [0.29, 0.717) is 6.04 Å². The van der Waals surface area contributed by atoms with Crippen LogP contribution in [0.3, 0.4) is 0 Å². The number of aryl methyl sites for hydroxylation is 1. The van der Waals surface area contributed by atoms with Gasteiger partial charge in [-0.05, 0) is 69.2 Å². The molecule has 2 heteroatoms. The first-order chi connectivity index (χ1) is 9.62. The maximum Gasteiger partial charge on any atom is 0.0697 e. The topological polar surface area (TPSA) is 21.3 Å². The average molecular weight is 275 g/mol. The molecule has 1 N–H and O–H groups in total. The van der Waals surface area contributed by atoms with Crippen LogP contribution in [0.15, 0.2) is 18.2 Å². The summed E-state index contributed by atoms with van der Waals surface area (Å²) in [6, 6.07) is 7.07. The quantitative estimate of drug-likeness (QED) is 0.801. The third-order valence-corrected chi connectivity index (χ3v) is 4.94. The predicted octanol–water partition coefficient (Wildman–Crippen LogP) is 4.30. The highest BCUT2D eigenvalue weighted by Crippen LogP contribution is 2.42. The van der Waals surface area contributed by atoms with Gasteiger partial charge in [0.2, 0.25) is 0 Å². The normalized spacial score (nSPS) is 18.6. The van der Waals surface area contributed by atoms with Gasteiger partial charge in [0.1, 0.15) is 0 Å². The Balaban J connectivity index is 2.20. The Morgan fingerprint density at radius 2 is 2.05 bits per heavy atom. The summed E-state index contributed by atoms with van der Waals surface area (Å²) in [5, 5.41) is 3.73. The van der Waals surface area contributed by atoms with Gasteiger partial charge in [0.15, 0.2) is 0 Å². The van der Waals surface area contributed by atoms with Crippen LogP contribution in [0.2, 0.25) is 0 Å². The minimum Gasteiger partial charge on any atom is -0.378 e. The van der Waals surface area contributed by atoms with Crippen LogP contribution in [-0.2, 0) is 4.74 Å². The number of methoxy groups -OCH3 is 1. The zero-order chi connectivity index (χ0) is 14.6. The van der Waals surface area contributed by atoms with E-state index >= 15 is 0 Å². The highest BCUT2D eigenvalue weighted by molar-refractivity contribution is 5.35. The molecule has 1 aliphatic rings. The molecule has 0 radical (unpaired) electrons. The smallest absolute Gasteiger partial charge is 0.0697 e. The summed E-state index contributed by atoms with van der Waals surface area (Å²) < 4.78 is 5.84. The number of rotatable bonds is 7. The second-order valence-corrected chi connectivity index (χ2v) is 6.24. The van der Waals surface area contributed by atoms with Gasteiger partial charge in [0.05, 0.1) is 5.60 Å². The van der Waals surface area contributed by atoms with Crippen molar-refractivity contribution >= 4 is 0 Å². The molecule has 1 saturated carbocycles. The first-order valence-electron chi connectivity index (χ1n) is 7.96. The van der Waals surface area contributed by atoms with Crippen LogP contribution < -0.4 is 5.32 Å². The first-order valence-corrected chi connectivity index (χ1v) is 7.96. The van der Waals surface area contributed by atoms with E-state index in [4.69, 9.17) is 4.74 Å². The van der Waals surface area contributed by atoms with Crippen molar-refractivity contribution in [1.29, 1.82) is 0 Å². The van der Waals surface area contributed by atoms with Gasteiger partial charge in [-0.15, -0.1) is 0 Å². The van der Waals surface area contributed by atoms with Crippen LogP contribution in [0.25, 0.3) is 0 Å². The summed E-state index contributed by atoms with van der Waals surface area (Å²) in [6.45, 7) is 7.73. The highest BCUT2D eigenvalue weighted by Gasteiger charge is 2.39. The molecule has 20 heavy (non-hydrogen) atoms. The highest BCUT2D eigenvalue weighted by atomic mass is 16.5. The van der Waals surface area contributed by atoms with E-state index in [-0.39, 0.29) is 5.60 Å². The van der Waals surface area contributed by atoms with Crippen molar-refractivity contribution in [3.8, 4) is 0 Å². The van der Waals surface area contributed by atoms with Gasteiger partial charge in [0, 0.05) is 13.2 Å². The van der Waals surface area contributed by atoms with Crippen LogP contribution >= 0.6 is 0 Å². The summed E-state index contributed by atoms with van der Waals surface area (Å²) in [5.41, 5.74) is 4.36. The molecule has 0 aromatic heterocycles. The molecule has 2 nitrogen and oxygen atoms in total. The van der Waals surface area contributed by atoms with Gasteiger partial charge in [-0.2, -0.15) is 0 Å². The molecular formula is C18H29NO. The monoisotopic (exact) mass is 275 g/mol. The molecule has 0 bridgehead atoms. The Bertz CT molecular complexity index is 432. The predicted molar refractivity (Wildman–Crippen MR) is 85.2 cm³/mol. The van der Waals surface area contributed by atoms with Crippen molar-refractivity contribution in [2.24, 2.45) is 0 Å². The fourth-order valence-electron chi connectivity index (χ4n) is 3.20. The van der Waals surface area contributed by atoms with Crippen LogP contribution in [0.5, 0.6) is 0 Å². The van der Waals surface area contributed by atoms with E-state index < -0.39 is 0 Å². The zero-order valence-corrected chi connectivity index (χ0v) is 13.5. The van der Waals surface area contributed by atoms with Crippen molar-refractivity contribution < 1.29 is 4.74 Å². The molecule has 0 heterocycles. The molecule has 0 aliphatic heterocycles. The zero-order valence-electron chi connectivity index (χ0n) is 13.5. The van der Waals surface area contributed by atoms with Crippen molar-refractivity contribution in [1.82, 2.24) is 5.32 Å². The fraction of sp³-hybridized carbons (Fsp3) is 0.667. The third-order valence-electron chi connectivity index (χ3n) is 4.94. The molecule has 0 saturated heterocycles. The molecule has 1 aromatic carbocycles. The largest absolute Gasteiger partial charge is 0.378 e. The van der Waals surface area contributed by atoms with Crippen LogP contribution in [-0.4, -0.2) is 19.3 Å². The molecule has 0 amide bonds. The Morgan fingerprint density at radius 3 is 2.60 bits per heavy atom. The minimum absolute atomic E-state index is 0.113. The molecule has 1 atom stereocenters.